The zero-order chi connectivity index (χ0) is 7.72. The third-order valence-corrected chi connectivity index (χ3v) is 1.25. The van der Waals surface area contributed by atoms with E-state index in [4.69, 9.17) is 0 Å². The van der Waals surface area contributed by atoms with Crippen LogP contribution in [0.15, 0.2) is 12.1 Å². The molecule has 0 atom stereocenters. The van der Waals surface area contributed by atoms with Crippen molar-refractivity contribution in [2.75, 3.05) is 0 Å². The zero-order valence-corrected chi connectivity index (χ0v) is 5.29. The zero-order valence-electron chi connectivity index (χ0n) is 5.29. The standard InChI is InChI=1S/C6H2F3.Li/c7-4-1-5(8)3-6(9)2-4;/h1-2H;. The molecule has 0 radical (unpaired) electrons. The molecule has 1 rings (SSSR count). The summed E-state index contributed by atoms with van der Waals surface area (Å²) in [6.07, 6.45) is 0. The fourth-order valence-corrected chi connectivity index (χ4v) is 0.614. The number of hydrogen-bond donors (Lipinski definition) is 0. The Balaban J connectivity index is 3.31. The quantitative estimate of drug-likeness (QED) is 0.467. The second kappa shape index (κ2) is 2.69. The van der Waals surface area contributed by atoms with Gasteiger partial charge in [-0.2, -0.15) is 0 Å². The van der Waals surface area contributed by atoms with Gasteiger partial charge in [-0.05, 0) is 0 Å². The topological polar surface area (TPSA) is 0 Å². The molecule has 4 heteroatoms. The predicted octanol–water partition coefficient (Wildman–Crippen LogP) is 0.898. The van der Waals surface area contributed by atoms with Gasteiger partial charge in [0.05, 0.1) is 0 Å². The van der Waals surface area contributed by atoms with Crippen LogP contribution in [0, 0.1) is 17.5 Å². The summed E-state index contributed by atoms with van der Waals surface area (Å²) in [7, 11) is 0. The second-order valence-corrected chi connectivity index (χ2v) is 1.99. The van der Waals surface area contributed by atoms with Gasteiger partial charge in [-0.3, -0.25) is 0 Å². The summed E-state index contributed by atoms with van der Waals surface area (Å²) < 4.78 is 36.7. The van der Waals surface area contributed by atoms with Crippen LogP contribution in [-0.4, -0.2) is 17.7 Å². The van der Waals surface area contributed by atoms with Gasteiger partial charge >= 0.3 is 64.7 Å². The van der Waals surface area contributed by atoms with Crippen molar-refractivity contribution in [3.63, 3.8) is 0 Å². The molecule has 0 nitrogen and oxygen atoms in total. The van der Waals surface area contributed by atoms with Crippen LogP contribution >= 0.6 is 0 Å². The number of halogens is 3. The third-order valence-electron chi connectivity index (χ3n) is 1.25. The van der Waals surface area contributed by atoms with E-state index in [2.05, 4.69) is 0 Å². The van der Waals surface area contributed by atoms with E-state index in [0.29, 0.717) is 12.1 Å². The van der Waals surface area contributed by atoms with Crippen LogP contribution in [-0.2, 0) is 0 Å². The van der Waals surface area contributed by atoms with Crippen molar-refractivity contribution in [2.24, 2.45) is 0 Å². The first-order chi connectivity index (χ1) is 4.61. The molecule has 0 fully saturated rings. The van der Waals surface area contributed by atoms with Crippen molar-refractivity contribution in [2.45, 2.75) is 0 Å². The molecule has 0 spiro atoms. The summed E-state index contributed by atoms with van der Waals surface area (Å²) in [6.45, 7) is 0. The monoisotopic (exact) mass is 138 g/mol. The van der Waals surface area contributed by atoms with Gasteiger partial charge in [0.2, 0.25) is 0 Å². The molecule has 1 aromatic carbocycles. The Morgan fingerprint density at radius 1 is 1.00 bits per heavy atom. The first-order valence-electron chi connectivity index (χ1n) is 2.72. The van der Waals surface area contributed by atoms with Crippen LogP contribution in [0.5, 0.6) is 0 Å². The van der Waals surface area contributed by atoms with Crippen molar-refractivity contribution < 1.29 is 13.2 Å². The summed E-state index contributed by atoms with van der Waals surface area (Å²) in [6, 6.07) is 1.30. The minimum absolute atomic E-state index is 0.151. The van der Waals surface area contributed by atoms with Gasteiger partial charge in [0.1, 0.15) is 0 Å². The molecular weight excluding hydrogens is 136 g/mol. The SMILES string of the molecule is [Li][c]1c(F)cc(F)cc1F. The Bertz CT molecular complexity index is 236. The van der Waals surface area contributed by atoms with Gasteiger partial charge in [0.25, 0.3) is 0 Å². The van der Waals surface area contributed by atoms with Crippen molar-refractivity contribution in [1.29, 1.82) is 0 Å². The van der Waals surface area contributed by atoms with Crippen LogP contribution < -0.4 is 4.24 Å². The van der Waals surface area contributed by atoms with Crippen LogP contribution in [0.1, 0.15) is 0 Å². The third kappa shape index (κ3) is 1.36. The van der Waals surface area contributed by atoms with Gasteiger partial charge in [0, 0.05) is 0 Å². The summed E-state index contributed by atoms with van der Waals surface area (Å²) in [5.74, 6) is -2.59. The molecule has 0 aliphatic carbocycles. The Kier molecular flexibility index (Phi) is 2.07. The van der Waals surface area contributed by atoms with Crippen molar-refractivity contribution >= 4 is 22.0 Å². The molecule has 0 aliphatic rings. The Hall–Kier alpha value is -0.393. The van der Waals surface area contributed by atoms with Crippen molar-refractivity contribution in [3.8, 4) is 0 Å². The Morgan fingerprint density at radius 3 is 1.80 bits per heavy atom. The molecule has 48 valence electrons. The summed E-state index contributed by atoms with van der Waals surface area (Å²) in [5.41, 5.74) is 0. The maximum absolute atomic E-state index is 12.4. The molecule has 0 aliphatic heterocycles. The first kappa shape index (κ1) is 7.71. The minimum atomic E-state index is -0.888. The summed E-state index contributed by atoms with van der Waals surface area (Å²) in [4.78, 5) is 0. The van der Waals surface area contributed by atoms with Crippen molar-refractivity contribution in [3.05, 3.63) is 29.6 Å². The molecule has 10 heavy (non-hydrogen) atoms. The molecule has 0 saturated heterocycles. The summed E-state index contributed by atoms with van der Waals surface area (Å²) in [5, 5.41) is 0. The van der Waals surface area contributed by atoms with E-state index in [9.17, 15) is 13.2 Å². The van der Waals surface area contributed by atoms with Gasteiger partial charge in [-0.25, -0.2) is 0 Å². The molecule has 0 amide bonds. The Morgan fingerprint density at radius 2 is 1.40 bits per heavy atom. The second-order valence-electron chi connectivity index (χ2n) is 1.99. The average molecular weight is 138 g/mol. The van der Waals surface area contributed by atoms with Crippen LogP contribution in [0.25, 0.3) is 0 Å². The first-order valence-corrected chi connectivity index (χ1v) is 2.72. The van der Waals surface area contributed by atoms with Crippen LogP contribution in [0.4, 0.5) is 13.2 Å². The molecule has 0 heterocycles. The number of rotatable bonds is 0. The van der Waals surface area contributed by atoms with Gasteiger partial charge in [-0.15, -0.1) is 0 Å². The van der Waals surface area contributed by atoms with E-state index in [-0.39, 0.29) is 4.24 Å². The van der Waals surface area contributed by atoms with E-state index in [1.54, 1.807) is 0 Å². The van der Waals surface area contributed by atoms with Gasteiger partial charge in [0.15, 0.2) is 0 Å². The molecule has 0 N–H and O–H groups in total. The number of benzene rings is 1. The van der Waals surface area contributed by atoms with Gasteiger partial charge < -0.3 is 0 Å². The van der Waals surface area contributed by atoms with E-state index < -0.39 is 17.5 Å². The molecule has 1 aromatic rings. The van der Waals surface area contributed by atoms with E-state index >= 15 is 0 Å². The average Bonchev–Trinajstić information content (AvgIpc) is 1.82. The van der Waals surface area contributed by atoms with Gasteiger partial charge in [-0.1, -0.05) is 0 Å². The van der Waals surface area contributed by atoms with E-state index in [1.165, 1.54) is 17.7 Å². The van der Waals surface area contributed by atoms with Crippen molar-refractivity contribution in [1.82, 2.24) is 0 Å². The molecule has 0 bridgehead atoms. The Labute approximate surface area is 65.3 Å². The normalized spacial score (nSPS) is 10.1. The number of hydrogen-bond acceptors (Lipinski definition) is 0. The predicted molar refractivity (Wildman–Crippen MR) is 31.7 cm³/mol. The van der Waals surface area contributed by atoms with E-state index in [1.807, 2.05) is 0 Å². The summed E-state index contributed by atoms with van der Waals surface area (Å²) >= 11 is 1.25. The fraction of sp³-hybridized carbons (Fsp3) is 0. The van der Waals surface area contributed by atoms with Crippen LogP contribution in [0.2, 0.25) is 0 Å². The fourth-order valence-electron chi connectivity index (χ4n) is 0.614. The molecule has 0 aromatic heterocycles. The maximum atomic E-state index is 12.4. The molecule has 0 saturated carbocycles. The molecule has 0 unspecified atom stereocenters. The molecular formula is C6H2F3Li. The van der Waals surface area contributed by atoms with E-state index in [0.717, 1.165) is 0 Å². The van der Waals surface area contributed by atoms with Crippen LogP contribution in [0.3, 0.4) is 0 Å².